The molecule has 0 aliphatic heterocycles. The molecule has 0 amide bonds. The van der Waals surface area contributed by atoms with Gasteiger partial charge < -0.3 is 4.90 Å². The lowest BCUT2D eigenvalue weighted by Crippen LogP contribution is -2.09. The van der Waals surface area contributed by atoms with Crippen molar-refractivity contribution in [2.24, 2.45) is 4.99 Å². The maximum atomic E-state index is 5.02. The normalized spacial score (nSPS) is 10.7. The molecule has 28 heavy (non-hydrogen) atoms. The van der Waals surface area contributed by atoms with Gasteiger partial charge in [0.2, 0.25) is 0 Å². The van der Waals surface area contributed by atoms with E-state index in [1.807, 2.05) is 43.3 Å². The molecule has 138 valence electrons. The van der Waals surface area contributed by atoms with Crippen LogP contribution in [0.15, 0.2) is 89.9 Å². The molecule has 0 spiro atoms. The highest BCUT2D eigenvalue weighted by Crippen LogP contribution is 2.29. The second kappa shape index (κ2) is 7.65. The second-order valence-corrected chi connectivity index (χ2v) is 7.07. The third-order valence-corrected chi connectivity index (χ3v) is 4.72. The zero-order valence-corrected chi connectivity index (χ0v) is 16.4. The van der Waals surface area contributed by atoms with Gasteiger partial charge in [-0.3, -0.25) is 4.98 Å². The number of anilines is 1. The molecular weight excluding hydrogens is 342 g/mol. The molecule has 0 bridgehead atoms. The first-order valence-electron chi connectivity index (χ1n) is 9.40. The summed E-state index contributed by atoms with van der Waals surface area (Å²) in [7, 11) is 4.12. The van der Waals surface area contributed by atoms with Crippen molar-refractivity contribution in [3.63, 3.8) is 0 Å². The third-order valence-electron chi connectivity index (χ3n) is 4.72. The molecule has 0 radical (unpaired) electrons. The maximum absolute atomic E-state index is 5.02. The van der Waals surface area contributed by atoms with Crippen LogP contribution in [0, 0.1) is 6.92 Å². The van der Waals surface area contributed by atoms with Crippen LogP contribution < -0.4 is 4.90 Å². The summed E-state index contributed by atoms with van der Waals surface area (Å²) in [6.07, 6.45) is 0. The van der Waals surface area contributed by atoms with Crippen LogP contribution in [-0.2, 0) is 0 Å². The zero-order valence-electron chi connectivity index (χ0n) is 16.4. The van der Waals surface area contributed by atoms with E-state index in [-0.39, 0.29) is 0 Å². The quantitative estimate of drug-likeness (QED) is 0.429. The smallest absolute Gasteiger partial charge is 0.0781 e. The lowest BCUT2D eigenvalue weighted by Gasteiger charge is -2.16. The van der Waals surface area contributed by atoms with E-state index >= 15 is 0 Å². The Morgan fingerprint density at radius 3 is 1.96 bits per heavy atom. The van der Waals surface area contributed by atoms with Crippen molar-refractivity contribution in [3.8, 4) is 0 Å². The highest BCUT2D eigenvalue weighted by atomic mass is 15.1. The van der Waals surface area contributed by atoms with Gasteiger partial charge in [0.05, 0.1) is 16.9 Å². The standard InChI is InChI=1S/C25H23N3/c1-18-16-24(28(2)3)22-15-14-21(17-23(22)26-18)27-25(19-10-6-4-7-11-19)20-12-8-5-9-13-20/h4-17H,1-3H3. The Balaban J connectivity index is 1.88. The maximum Gasteiger partial charge on any atom is 0.0781 e. The van der Waals surface area contributed by atoms with Crippen LogP contribution in [0.3, 0.4) is 0 Å². The molecule has 0 N–H and O–H groups in total. The summed E-state index contributed by atoms with van der Waals surface area (Å²) in [5.74, 6) is 0. The SMILES string of the molecule is Cc1cc(N(C)C)c2ccc(N=C(c3ccccc3)c3ccccc3)cc2n1. The van der Waals surface area contributed by atoms with E-state index in [0.29, 0.717) is 0 Å². The van der Waals surface area contributed by atoms with Crippen LogP contribution in [0.2, 0.25) is 0 Å². The fourth-order valence-corrected chi connectivity index (χ4v) is 3.38. The van der Waals surface area contributed by atoms with Gasteiger partial charge >= 0.3 is 0 Å². The van der Waals surface area contributed by atoms with Gasteiger partial charge in [0, 0.05) is 42.0 Å². The summed E-state index contributed by atoms with van der Waals surface area (Å²) in [5, 5.41) is 1.13. The molecule has 4 aromatic rings. The van der Waals surface area contributed by atoms with Crippen molar-refractivity contribution < 1.29 is 0 Å². The van der Waals surface area contributed by atoms with E-state index < -0.39 is 0 Å². The van der Waals surface area contributed by atoms with Crippen LogP contribution >= 0.6 is 0 Å². The van der Waals surface area contributed by atoms with Gasteiger partial charge in [-0.25, -0.2) is 4.99 Å². The predicted molar refractivity (Wildman–Crippen MR) is 119 cm³/mol. The minimum atomic E-state index is 0.901. The summed E-state index contributed by atoms with van der Waals surface area (Å²) in [6.45, 7) is 2.03. The fourth-order valence-electron chi connectivity index (χ4n) is 3.38. The number of aliphatic imine (C=N–C) groups is 1. The zero-order chi connectivity index (χ0) is 19.5. The van der Waals surface area contributed by atoms with Crippen molar-refractivity contribution in [2.45, 2.75) is 6.92 Å². The highest BCUT2D eigenvalue weighted by molar-refractivity contribution is 6.14. The molecule has 1 aromatic heterocycles. The van der Waals surface area contributed by atoms with Gasteiger partial charge in [-0.15, -0.1) is 0 Å². The van der Waals surface area contributed by atoms with Crippen molar-refractivity contribution >= 4 is 28.0 Å². The number of aromatic nitrogens is 1. The van der Waals surface area contributed by atoms with E-state index in [1.54, 1.807) is 0 Å². The van der Waals surface area contributed by atoms with Gasteiger partial charge in [-0.2, -0.15) is 0 Å². The van der Waals surface area contributed by atoms with E-state index in [2.05, 4.69) is 67.5 Å². The monoisotopic (exact) mass is 365 g/mol. The molecule has 4 rings (SSSR count). The summed E-state index contributed by atoms with van der Waals surface area (Å²) < 4.78 is 0. The first kappa shape index (κ1) is 17.9. The van der Waals surface area contributed by atoms with E-state index in [0.717, 1.165) is 39.1 Å². The second-order valence-electron chi connectivity index (χ2n) is 7.07. The molecule has 0 fully saturated rings. The Bertz CT molecular complexity index is 1090. The van der Waals surface area contributed by atoms with Crippen molar-refractivity contribution in [1.82, 2.24) is 4.98 Å². The van der Waals surface area contributed by atoms with E-state index in [1.165, 1.54) is 5.69 Å². The predicted octanol–water partition coefficient (Wildman–Crippen LogP) is 5.78. The van der Waals surface area contributed by atoms with Crippen molar-refractivity contribution in [3.05, 3.63) is 102 Å². The molecular formula is C25H23N3. The number of aryl methyl sites for hydroxylation is 1. The van der Waals surface area contributed by atoms with E-state index in [4.69, 9.17) is 9.98 Å². The Morgan fingerprint density at radius 1 is 0.786 bits per heavy atom. The molecule has 0 unspecified atom stereocenters. The highest BCUT2D eigenvalue weighted by Gasteiger charge is 2.09. The molecule has 0 saturated heterocycles. The van der Waals surface area contributed by atoms with Crippen LogP contribution in [0.5, 0.6) is 0 Å². The minimum Gasteiger partial charge on any atom is -0.377 e. The molecule has 3 aromatic carbocycles. The number of nitrogens with zero attached hydrogens (tertiary/aromatic N) is 3. The van der Waals surface area contributed by atoms with Gasteiger partial charge in [0.1, 0.15) is 0 Å². The number of rotatable bonds is 4. The summed E-state index contributed by atoms with van der Waals surface area (Å²) in [5.41, 5.74) is 7.19. The summed E-state index contributed by atoms with van der Waals surface area (Å²) in [4.78, 5) is 11.9. The number of benzene rings is 3. The number of fused-ring (bicyclic) bond motifs is 1. The topological polar surface area (TPSA) is 28.5 Å². The van der Waals surface area contributed by atoms with Gasteiger partial charge in [-0.1, -0.05) is 60.7 Å². The first-order chi connectivity index (χ1) is 13.6. The van der Waals surface area contributed by atoms with Gasteiger partial charge in [-0.05, 0) is 31.2 Å². The Morgan fingerprint density at radius 2 is 1.39 bits per heavy atom. The van der Waals surface area contributed by atoms with Crippen LogP contribution in [-0.4, -0.2) is 24.8 Å². The van der Waals surface area contributed by atoms with Crippen LogP contribution in [0.25, 0.3) is 10.9 Å². The molecule has 3 nitrogen and oxygen atoms in total. The van der Waals surface area contributed by atoms with Crippen LogP contribution in [0.1, 0.15) is 16.8 Å². The number of hydrogen-bond acceptors (Lipinski definition) is 3. The third kappa shape index (κ3) is 3.65. The molecule has 3 heteroatoms. The Kier molecular flexibility index (Phi) is 4.90. The fraction of sp³-hybridized carbons (Fsp3) is 0.120. The molecule has 1 heterocycles. The van der Waals surface area contributed by atoms with Gasteiger partial charge in [0.25, 0.3) is 0 Å². The van der Waals surface area contributed by atoms with Gasteiger partial charge in [0.15, 0.2) is 0 Å². The molecule has 0 aliphatic carbocycles. The van der Waals surface area contributed by atoms with E-state index in [9.17, 15) is 0 Å². The first-order valence-corrected chi connectivity index (χ1v) is 9.40. The van der Waals surface area contributed by atoms with Crippen molar-refractivity contribution in [1.29, 1.82) is 0 Å². The summed E-state index contributed by atoms with van der Waals surface area (Å²) >= 11 is 0. The molecule has 0 saturated carbocycles. The molecule has 0 aliphatic rings. The average Bonchev–Trinajstić information content (AvgIpc) is 2.72. The van der Waals surface area contributed by atoms with Crippen LogP contribution in [0.4, 0.5) is 11.4 Å². The summed E-state index contributed by atoms with van der Waals surface area (Å²) in [6, 6.07) is 29.0. The largest absolute Gasteiger partial charge is 0.377 e. The van der Waals surface area contributed by atoms with Crippen molar-refractivity contribution in [2.75, 3.05) is 19.0 Å². The minimum absolute atomic E-state index is 0.901. The number of hydrogen-bond donors (Lipinski definition) is 0. The Hall–Kier alpha value is -3.46. The Labute approximate surface area is 166 Å². The molecule has 0 atom stereocenters. The lowest BCUT2D eigenvalue weighted by molar-refractivity contribution is 1.12. The number of pyridine rings is 1. The lowest BCUT2D eigenvalue weighted by atomic mass is 10.0. The average molecular weight is 365 g/mol.